The van der Waals surface area contributed by atoms with E-state index in [4.69, 9.17) is 29.5 Å². The van der Waals surface area contributed by atoms with Crippen LogP contribution < -0.4 is 22.0 Å². The molecule has 15 heteroatoms. The number of rotatable bonds is 7. The van der Waals surface area contributed by atoms with Crippen LogP contribution in [0.25, 0.3) is 0 Å². The van der Waals surface area contributed by atoms with E-state index >= 15 is 0 Å². The summed E-state index contributed by atoms with van der Waals surface area (Å²) in [5, 5.41) is 11.4. The fourth-order valence-corrected chi connectivity index (χ4v) is 5.90. The molecule has 0 unspecified atom stereocenters. The second-order valence-corrected chi connectivity index (χ2v) is 17.6. The predicted octanol–water partition coefficient (Wildman–Crippen LogP) is 8.12. The third-order valence-electron chi connectivity index (χ3n) is 11.3. The van der Waals surface area contributed by atoms with Crippen molar-refractivity contribution in [2.45, 2.75) is 131 Å². The van der Waals surface area contributed by atoms with Crippen molar-refractivity contribution in [3.05, 3.63) is 106 Å². The van der Waals surface area contributed by atoms with Crippen molar-refractivity contribution in [3.63, 3.8) is 0 Å². The SMILES string of the molecule is CC(C)c1cc(C(=O)O)c(F)cn1.Cc1ccc(N)cc1B1OC(C)(C)C(C)(C)O1.Cc1ccc(NC(=O)c2cc(C(C)C)ncc2F)cc1B1OC(C)(C)C(C)(C)O1. The Hall–Kier alpha value is -4.69. The highest BCUT2D eigenvalue weighted by atomic mass is 19.1. The van der Waals surface area contributed by atoms with Gasteiger partial charge in [-0.1, -0.05) is 51.0 Å². The molecule has 2 aliphatic heterocycles. The fourth-order valence-electron chi connectivity index (χ4n) is 5.90. The molecular formula is C44H58B2F2N4O7. The van der Waals surface area contributed by atoms with Gasteiger partial charge in [-0.05, 0) is 128 Å². The molecule has 2 fully saturated rings. The molecule has 0 aliphatic carbocycles. The summed E-state index contributed by atoms with van der Waals surface area (Å²) in [6.45, 7) is 27.8. The summed E-state index contributed by atoms with van der Waals surface area (Å²) in [6.07, 6.45) is 2.04. The maximum absolute atomic E-state index is 14.2. The number of pyridine rings is 2. The average Bonchev–Trinajstić information content (AvgIpc) is 3.49. The van der Waals surface area contributed by atoms with E-state index in [1.165, 1.54) is 12.1 Å². The highest BCUT2D eigenvalue weighted by molar-refractivity contribution is 6.63. The predicted molar refractivity (Wildman–Crippen MR) is 230 cm³/mol. The number of hydrogen-bond acceptors (Lipinski definition) is 9. The number of carboxylic acids is 1. The van der Waals surface area contributed by atoms with E-state index in [0.29, 0.717) is 17.1 Å². The third kappa shape index (κ3) is 10.9. The third-order valence-corrected chi connectivity index (χ3v) is 11.3. The number of aryl methyl sites for hydroxylation is 2. The summed E-state index contributed by atoms with van der Waals surface area (Å²) in [5.41, 5.74) is 10.4. The lowest BCUT2D eigenvalue weighted by Gasteiger charge is -2.32. The molecule has 1 amide bonds. The number of anilines is 2. The Kier molecular flexibility index (Phi) is 14.2. The zero-order chi connectivity index (χ0) is 44.4. The molecule has 11 nitrogen and oxygen atoms in total. The van der Waals surface area contributed by atoms with Gasteiger partial charge in [-0.2, -0.15) is 0 Å². The Balaban J connectivity index is 0.000000216. The Labute approximate surface area is 348 Å². The lowest BCUT2D eigenvalue weighted by molar-refractivity contribution is 0.00578. The van der Waals surface area contributed by atoms with Gasteiger partial charge in [0.2, 0.25) is 0 Å². The van der Waals surface area contributed by atoms with Gasteiger partial charge in [-0.3, -0.25) is 14.8 Å². The van der Waals surface area contributed by atoms with Crippen LogP contribution in [0.1, 0.15) is 138 Å². The first-order chi connectivity index (χ1) is 27.2. The molecule has 6 rings (SSSR count). The lowest BCUT2D eigenvalue weighted by atomic mass is 9.76. The van der Waals surface area contributed by atoms with Gasteiger partial charge in [0.05, 0.1) is 45.9 Å². The van der Waals surface area contributed by atoms with Crippen molar-refractivity contribution in [1.82, 2.24) is 9.97 Å². The number of aromatic nitrogens is 2. The van der Waals surface area contributed by atoms with Gasteiger partial charge in [0.15, 0.2) is 11.6 Å². The average molecular weight is 815 g/mol. The lowest BCUT2D eigenvalue weighted by Crippen LogP contribution is -2.41. The van der Waals surface area contributed by atoms with Crippen LogP contribution in [0.3, 0.4) is 0 Å². The maximum atomic E-state index is 14.2. The molecule has 4 aromatic rings. The first kappa shape index (κ1) is 47.0. The number of nitrogen functional groups attached to an aromatic ring is 1. The van der Waals surface area contributed by atoms with Crippen molar-refractivity contribution < 1.29 is 42.1 Å². The van der Waals surface area contributed by atoms with Crippen LogP contribution in [-0.4, -0.2) is 63.6 Å². The van der Waals surface area contributed by atoms with Crippen LogP contribution in [0.4, 0.5) is 20.2 Å². The minimum Gasteiger partial charge on any atom is -0.478 e. The Bertz CT molecular complexity index is 2150. The number of aromatic carboxylic acids is 1. The standard InChI is InChI=1S/C22H28BFN2O3.C13H20BNO2.C9H10FNO2/c1-13(2)19-11-16(18(24)12-25-19)20(27)26-15-9-8-14(3)17(10-15)23-28-21(4,5)22(6,7)29-23;1-9-6-7-10(15)8-11(9)14-16-12(2,3)13(4,5)17-14;1-5(2)8-3-6(9(12)13)7(10)4-11-8/h8-13H,1-7H3,(H,26,27);6-8H,15H2,1-5H3;3-5H,1-2H3,(H,12,13). The van der Waals surface area contributed by atoms with Gasteiger partial charge in [0.1, 0.15) is 0 Å². The summed E-state index contributed by atoms with van der Waals surface area (Å²) >= 11 is 0. The first-order valence-corrected chi connectivity index (χ1v) is 19.7. The van der Waals surface area contributed by atoms with E-state index in [2.05, 4.69) is 43.0 Å². The van der Waals surface area contributed by atoms with Crippen molar-refractivity contribution in [1.29, 1.82) is 0 Å². The number of halogens is 2. The van der Waals surface area contributed by atoms with Crippen molar-refractivity contribution in [2.75, 3.05) is 11.1 Å². The molecule has 2 aromatic carbocycles. The van der Waals surface area contributed by atoms with Gasteiger partial charge in [-0.15, -0.1) is 0 Å². The first-order valence-electron chi connectivity index (χ1n) is 19.7. The zero-order valence-corrected chi connectivity index (χ0v) is 36.7. The van der Waals surface area contributed by atoms with E-state index < -0.39 is 41.8 Å². The molecule has 2 aliphatic rings. The number of hydrogen-bond donors (Lipinski definition) is 3. The monoisotopic (exact) mass is 814 g/mol. The smallest absolute Gasteiger partial charge is 0.478 e. The summed E-state index contributed by atoms with van der Waals surface area (Å²) in [7, 11) is -0.870. The van der Waals surface area contributed by atoms with E-state index in [0.717, 1.165) is 40.1 Å². The van der Waals surface area contributed by atoms with Gasteiger partial charge in [0.25, 0.3) is 5.91 Å². The van der Waals surface area contributed by atoms with Gasteiger partial charge in [0, 0.05) is 22.8 Å². The highest BCUT2D eigenvalue weighted by Crippen LogP contribution is 2.38. The van der Waals surface area contributed by atoms with Crippen LogP contribution in [0.2, 0.25) is 0 Å². The molecule has 4 N–H and O–H groups in total. The number of carboxylic acid groups (broad SMARTS) is 1. The van der Waals surface area contributed by atoms with Gasteiger partial charge in [-0.25, -0.2) is 13.6 Å². The number of carbonyl (C=O) groups excluding carboxylic acids is 1. The van der Waals surface area contributed by atoms with Crippen molar-refractivity contribution in [3.8, 4) is 0 Å². The second-order valence-electron chi connectivity index (χ2n) is 17.6. The Morgan fingerprint density at radius 1 is 0.661 bits per heavy atom. The molecule has 0 radical (unpaired) electrons. The molecule has 59 heavy (non-hydrogen) atoms. The minimum atomic E-state index is -1.26. The van der Waals surface area contributed by atoms with E-state index in [1.54, 1.807) is 6.07 Å². The molecular weight excluding hydrogens is 756 g/mol. The molecule has 0 saturated carbocycles. The molecule has 4 heterocycles. The Morgan fingerprint density at radius 2 is 1.05 bits per heavy atom. The van der Waals surface area contributed by atoms with Crippen LogP contribution in [-0.2, 0) is 18.6 Å². The van der Waals surface area contributed by atoms with E-state index in [1.807, 2.05) is 99.6 Å². The fraction of sp³-hybridized carbons (Fsp3) is 0.455. The topological polar surface area (TPSA) is 155 Å². The molecule has 2 saturated heterocycles. The number of nitrogens with one attached hydrogen (secondary N) is 1. The summed E-state index contributed by atoms with van der Waals surface area (Å²) < 4.78 is 51.3. The van der Waals surface area contributed by atoms with Crippen LogP contribution >= 0.6 is 0 Å². The van der Waals surface area contributed by atoms with Gasteiger partial charge >= 0.3 is 20.2 Å². The Morgan fingerprint density at radius 3 is 1.47 bits per heavy atom. The molecule has 0 bridgehead atoms. The quantitative estimate of drug-likeness (QED) is 0.123. The van der Waals surface area contributed by atoms with Crippen molar-refractivity contribution >= 4 is 48.4 Å². The van der Waals surface area contributed by atoms with Crippen LogP contribution in [0, 0.1) is 25.5 Å². The number of amides is 1. The van der Waals surface area contributed by atoms with Crippen molar-refractivity contribution in [2.24, 2.45) is 0 Å². The highest BCUT2D eigenvalue weighted by Gasteiger charge is 2.53. The number of nitrogens with two attached hydrogens (primary N) is 1. The molecule has 316 valence electrons. The van der Waals surface area contributed by atoms with Gasteiger partial charge < -0.3 is 34.8 Å². The second kappa shape index (κ2) is 17.9. The number of benzene rings is 2. The molecule has 2 aromatic heterocycles. The summed E-state index contributed by atoms with van der Waals surface area (Å²) in [5.74, 6) is -3.03. The minimum absolute atomic E-state index is 0.0264. The van der Waals surface area contributed by atoms with E-state index in [-0.39, 0.29) is 41.3 Å². The zero-order valence-electron chi connectivity index (χ0n) is 36.7. The molecule has 0 spiro atoms. The number of nitrogens with zero attached hydrogens (tertiary/aromatic N) is 2. The maximum Gasteiger partial charge on any atom is 0.495 e. The van der Waals surface area contributed by atoms with Crippen LogP contribution in [0.5, 0.6) is 0 Å². The normalized spacial score (nSPS) is 17.3. The largest absolute Gasteiger partial charge is 0.495 e. The molecule has 0 atom stereocenters. The summed E-state index contributed by atoms with van der Waals surface area (Å²) in [4.78, 5) is 31.0. The van der Waals surface area contributed by atoms with Crippen LogP contribution in [0.15, 0.2) is 60.9 Å². The van der Waals surface area contributed by atoms with E-state index in [9.17, 15) is 18.4 Å². The summed E-state index contributed by atoms with van der Waals surface area (Å²) in [6, 6.07) is 14.1. The number of carbonyl (C=O) groups is 2.